The molecule has 1 unspecified atom stereocenters. The molecule has 2 bridgehead atoms. The van der Waals surface area contributed by atoms with Crippen LogP contribution in [0.1, 0.15) is 24.0 Å². The minimum atomic E-state index is 0.780. The van der Waals surface area contributed by atoms with Gasteiger partial charge in [0, 0.05) is 25.7 Å². The maximum absolute atomic E-state index is 2.72. The van der Waals surface area contributed by atoms with Gasteiger partial charge < -0.3 is 0 Å². The van der Waals surface area contributed by atoms with Crippen molar-refractivity contribution in [3.63, 3.8) is 0 Å². The van der Waals surface area contributed by atoms with E-state index in [-0.39, 0.29) is 0 Å². The van der Waals surface area contributed by atoms with Gasteiger partial charge in [0.05, 0.1) is 0 Å². The first-order valence-electron chi connectivity index (χ1n) is 8.93. The molecule has 4 rings (SSSR count). The summed E-state index contributed by atoms with van der Waals surface area (Å²) in [5, 5.41) is 0. The van der Waals surface area contributed by atoms with E-state index in [2.05, 4.69) is 70.5 Å². The molecule has 2 aliphatic rings. The van der Waals surface area contributed by atoms with Crippen LogP contribution in [0.25, 0.3) is 0 Å². The van der Waals surface area contributed by atoms with Crippen LogP contribution in [0.5, 0.6) is 0 Å². The normalized spacial score (nSPS) is 26.0. The summed E-state index contributed by atoms with van der Waals surface area (Å²) in [4.78, 5) is 5.36. The smallest absolute Gasteiger partial charge is 0.0252 e. The van der Waals surface area contributed by atoms with Crippen LogP contribution in [-0.2, 0) is 13.1 Å². The Morgan fingerprint density at radius 1 is 0.783 bits per heavy atom. The highest BCUT2D eigenvalue weighted by Gasteiger charge is 2.40. The standard InChI is InChI=1S/C21H26N2/c1-3-7-18(8-4-1)15-22(16-19-9-5-2-6-10-19)17-21-20-11-13-23(21)14-12-20/h1-10,20-21H,11-17H2. The number of piperidine rings is 1. The molecule has 23 heavy (non-hydrogen) atoms. The first kappa shape index (κ1) is 14.9. The third kappa shape index (κ3) is 3.49. The molecule has 0 aromatic heterocycles. The van der Waals surface area contributed by atoms with Crippen molar-refractivity contribution in [1.82, 2.24) is 9.80 Å². The lowest BCUT2D eigenvalue weighted by Gasteiger charge is -2.29. The number of nitrogens with zero attached hydrogens (tertiary/aromatic N) is 2. The summed E-state index contributed by atoms with van der Waals surface area (Å²) in [6.07, 6.45) is 2.82. The SMILES string of the molecule is c1ccc(CN(Cc2ccccc2)CC2C3CCN2CC3)cc1. The van der Waals surface area contributed by atoms with E-state index in [0.717, 1.165) is 25.0 Å². The van der Waals surface area contributed by atoms with Crippen LogP contribution in [0.3, 0.4) is 0 Å². The maximum Gasteiger partial charge on any atom is 0.0252 e. The Hall–Kier alpha value is -1.64. The number of rotatable bonds is 6. The second-order valence-electron chi connectivity index (χ2n) is 7.08. The summed E-state index contributed by atoms with van der Waals surface area (Å²) in [6.45, 7) is 5.94. The molecular weight excluding hydrogens is 280 g/mol. The summed E-state index contributed by atoms with van der Waals surface area (Å²) >= 11 is 0. The third-order valence-corrected chi connectivity index (χ3v) is 5.53. The van der Waals surface area contributed by atoms with Crippen LogP contribution in [0.15, 0.2) is 60.7 Å². The topological polar surface area (TPSA) is 6.48 Å². The summed E-state index contributed by atoms with van der Waals surface area (Å²) in [7, 11) is 0. The fourth-order valence-electron chi connectivity index (χ4n) is 4.33. The van der Waals surface area contributed by atoms with Gasteiger partial charge in [-0.2, -0.15) is 0 Å². The predicted molar refractivity (Wildman–Crippen MR) is 95.1 cm³/mol. The molecule has 2 heteroatoms. The summed E-state index contributed by atoms with van der Waals surface area (Å²) in [5.41, 5.74) is 2.84. The summed E-state index contributed by atoms with van der Waals surface area (Å²) < 4.78 is 0. The molecule has 0 radical (unpaired) electrons. The van der Waals surface area contributed by atoms with Crippen LogP contribution in [-0.4, -0.2) is 35.5 Å². The minimum Gasteiger partial charge on any atom is -0.299 e. The van der Waals surface area contributed by atoms with Gasteiger partial charge in [-0.25, -0.2) is 0 Å². The Morgan fingerprint density at radius 2 is 1.30 bits per heavy atom. The fraction of sp³-hybridized carbons (Fsp3) is 0.429. The molecule has 2 fully saturated rings. The molecule has 2 aromatic rings. The Balaban J connectivity index is 1.48. The van der Waals surface area contributed by atoms with E-state index >= 15 is 0 Å². The van der Waals surface area contributed by atoms with Crippen molar-refractivity contribution in [3.8, 4) is 0 Å². The van der Waals surface area contributed by atoms with Gasteiger partial charge in [0.15, 0.2) is 0 Å². The summed E-state index contributed by atoms with van der Waals surface area (Å²) in [5.74, 6) is 0.934. The van der Waals surface area contributed by atoms with E-state index in [1.807, 2.05) is 0 Å². The first-order chi connectivity index (χ1) is 11.4. The highest BCUT2D eigenvalue weighted by Crippen LogP contribution is 2.35. The molecule has 2 nitrogen and oxygen atoms in total. The Labute approximate surface area is 139 Å². The molecule has 2 heterocycles. The monoisotopic (exact) mass is 306 g/mol. The minimum absolute atomic E-state index is 0.780. The molecule has 0 amide bonds. The van der Waals surface area contributed by atoms with Crippen molar-refractivity contribution in [2.45, 2.75) is 32.0 Å². The molecule has 2 saturated heterocycles. The van der Waals surface area contributed by atoms with Crippen molar-refractivity contribution in [2.24, 2.45) is 5.92 Å². The number of hydrogen-bond donors (Lipinski definition) is 0. The average molecular weight is 306 g/mol. The quantitative estimate of drug-likeness (QED) is 0.801. The van der Waals surface area contributed by atoms with Gasteiger partial charge in [-0.05, 0) is 43.0 Å². The number of fused-ring (bicyclic) bond motifs is 2. The van der Waals surface area contributed by atoms with Crippen molar-refractivity contribution in [1.29, 1.82) is 0 Å². The Bertz CT molecular complexity index is 549. The molecule has 0 aliphatic carbocycles. The highest BCUT2D eigenvalue weighted by atomic mass is 15.3. The number of hydrogen-bond acceptors (Lipinski definition) is 2. The maximum atomic E-state index is 2.72. The lowest BCUT2D eigenvalue weighted by atomic mass is 9.99. The van der Waals surface area contributed by atoms with Crippen LogP contribution < -0.4 is 0 Å². The molecule has 2 aromatic carbocycles. The van der Waals surface area contributed by atoms with Gasteiger partial charge in [-0.1, -0.05) is 60.7 Å². The zero-order chi connectivity index (χ0) is 15.5. The molecule has 1 atom stereocenters. The van der Waals surface area contributed by atoms with Gasteiger partial charge in [0.2, 0.25) is 0 Å². The van der Waals surface area contributed by atoms with E-state index < -0.39 is 0 Å². The molecule has 0 N–H and O–H groups in total. The van der Waals surface area contributed by atoms with Gasteiger partial charge in [0.1, 0.15) is 0 Å². The molecule has 120 valence electrons. The van der Waals surface area contributed by atoms with Crippen molar-refractivity contribution in [2.75, 3.05) is 19.6 Å². The Morgan fingerprint density at radius 3 is 1.74 bits per heavy atom. The van der Waals surface area contributed by atoms with E-state index in [1.165, 1.54) is 43.6 Å². The van der Waals surface area contributed by atoms with Crippen molar-refractivity contribution in [3.05, 3.63) is 71.8 Å². The van der Waals surface area contributed by atoms with Crippen molar-refractivity contribution < 1.29 is 0 Å². The van der Waals surface area contributed by atoms with Gasteiger partial charge >= 0.3 is 0 Å². The zero-order valence-electron chi connectivity index (χ0n) is 13.8. The van der Waals surface area contributed by atoms with Gasteiger partial charge in [0.25, 0.3) is 0 Å². The fourth-order valence-corrected chi connectivity index (χ4v) is 4.33. The van der Waals surface area contributed by atoms with Crippen LogP contribution in [0, 0.1) is 5.92 Å². The van der Waals surface area contributed by atoms with Crippen LogP contribution in [0.2, 0.25) is 0 Å². The lowest BCUT2D eigenvalue weighted by Crippen LogP contribution is -2.38. The highest BCUT2D eigenvalue weighted by molar-refractivity contribution is 5.17. The van der Waals surface area contributed by atoms with Crippen molar-refractivity contribution >= 4 is 0 Å². The van der Waals surface area contributed by atoms with E-state index in [0.29, 0.717) is 0 Å². The summed E-state index contributed by atoms with van der Waals surface area (Å²) in [6, 6.07) is 22.6. The first-order valence-corrected chi connectivity index (χ1v) is 8.93. The van der Waals surface area contributed by atoms with E-state index in [1.54, 1.807) is 0 Å². The van der Waals surface area contributed by atoms with Gasteiger partial charge in [-0.3, -0.25) is 9.80 Å². The number of benzene rings is 2. The zero-order valence-corrected chi connectivity index (χ0v) is 13.8. The molecule has 0 spiro atoms. The van der Waals surface area contributed by atoms with Crippen LogP contribution in [0.4, 0.5) is 0 Å². The Kier molecular flexibility index (Phi) is 4.45. The average Bonchev–Trinajstić information content (AvgIpc) is 3.16. The molecule has 2 aliphatic heterocycles. The van der Waals surface area contributed by atoms with E-state index in [9.17, 15) is 0 Å². The second kappa shape index (κ2) is 6.86. The third-order valence-electron chi connectivity index (χ3n) is 5.53. The molecule has 0 saturated carbocycles. The van der Waals surface area contributed by atoms with E-state index in [4.69, 9.17) is 0 Å². The van der Waals surface area contributed by atoms with Crippen LogP contribution >= 0.6 is 0 Å². The predicted octanol–water partition coefficient (Wildman–Crippen LogP) is 3.78. The van der Waals surface area contributed by atoms with Gasteiger partial charge in [-0.15, -0.1) is 0 Å². The largest absolute Gasteiger partial charge is 0.299 e. The second-order valence-corrected chi connectivity index (χ2v) is 7.08. The lowest BCUT2D eigenvalue weighted by molar-refractivity contribution is 0.178. The molecular formula is C21H26N2.